The zero-order chi connectivity index (χ0) is 19.4. The molecule has 0 saturated heterocycles. The molecule has 7 heteroatoms. The Balaban J connectivity index is 1.85. The summed E-state index contributed by atoms with van der Waals surface area (Å²) >= 11 is 18.0. The highest BCUT2D eigenvalue weighted by Gasteiger charge is 2.36. The van der Waals surface area contributed by atoms with Gasteiger partial charge < -0.3 is 10.1 Å². The van der Waals surface area contributed by atoms with Crippen molar-refractivity contribution in [3.63, 3.8) is 0 Å². The largest absolute Gasteiger partial charge is 0.466 e. The average molecular weight is 423 g/mol. The van der Waals surface area contributed by atoms with E-state index in [-0.39, 0.29) is 0 Å². The SMILES string of the molecule is O=Cc1ccc(O[C@H](NC(=O)c2cccc3ccccc23)C(Cl)(Cl)Cl)cc1. The zero-order valence-electron chi connectivity index (χ0n) is 13.9. The number of amides is 1. The first-order valence-electron chi connectivity index (χ1n) is 7.96. The lowest BCUT2D eigenvalue weighted by molar-refractivity contribution is 0.0834. The predicted octanol–water partition coefficient (Wildman–Crippen LogP) is 5.16. The summed E-state index contributed by atoms with van der Waals surface area (Å²) in [7, 11) is 0. The van der Waals surface area contributed by atoms with E-state index in [1.807, 2.05) is 30.3 Å². The molecule has 0 bridgehead atoms. The number of hydrogen-bond acceptors (Lipinski definition) is 3. The van der Waals surface area contributed by atoms with E-state index in [0.717, 1.165) is 10.8 Å². The molecule has 0 radical (unpaired) electrons. The van der Waals surface area contributed by atoms with Crippen molar-refractivity contribution < 1.29 is 14.3 Å². The van der Waals surface area contributed by atoms with Crippen LogP contribution in [0, 0.1) is 0 Å². The maximum absolute atomic E-state index is 12.8. The number of carbonyl (C=O) groups excluding carboxylic acids is 2. The van der Waals surface area contributed by atoms with Crippen molar-refractivity contribution in [2.24, 2.45) is 0 Å². The molecule has 3 rings (SSSR count). The Kier molecular flexibility index (Phi) is 5.90. The predicted molar refractivity (Wildman–Crippen MR) is 108 cm³/mol. The Morgan fingerprint density at radius 1 is 0.963 bits per heavy atom. The van der Waals surface area contributed by atoms with Gasteiger partial charge in [-0.3, -0.25) is 9.59 Å². The number of rotatable bonds is 5. The monoisotopic (exact) mass is 421 g/mol. The molecule has 0 aromatic heterocycles. The zero-order valence-corrected chi connectivity index (χ0v) is 16.1. The summed E-state index contributed by atoms with van der Waals surface area (Å²) < 4.78 is 3.73. The number of nitrogens with one attached hydrogen (secondary N) is 1. The maximum Gasteiger partial charge on any atom is 0.254 e. The van der Waals surface area contributed by atoms with Gasteiger partial charge in [0.15, 0.2) is 0 Å². The van der Waals surface area contributed by atoms with E-state index in [2.05, 4.69) is 5.32 Å². The van der Waals surface area contributed by atoms with Crippen molar-refractivity contribution in [3.05, 3.63) is 77.9 Å². The molecular weight excluding hydrogens is 409 g/mol. The number of carbonyl (C=O) groups is 2. The highest BCUT2D eigenvalue weighted by molar-refractivity contribution is 6.68. The van der Waals surface area contributed by atoms with E-state index in [1.54, 1.807) is 36.4 Å². The lowest BCUT2D eigenvalue weighted by atomic mass is 10.0. The second kappa shape index (κ2) is 8.17. The summed E-state index contributed by atoms with van der Waals surface area (Å²) in [4.78, 5) is 23.5. The molecule has 0 aliphatic rings. The Bertz CT molecular complexity index is 963. The van der Waals surface area contributed by atoms with E-state index < -0.39 is 15.9 Å². The van der Waals surface area contributed by atoms with Crippen LogP contribution in [0.4, 0.5) is 0 Å². The molecular formula is C20H14Cl3NO3. The van der Waals surface area contributed by atoms with Crippen molar-refractivity contribution >= 4 is 57.8 Å². The fourth-order valence-electron chi connectivity index (χ4n) is 2.56. The molecule has 0 saturated carbocycles. The molecule has 0 aliphatic heterocycles. The van der Waals surface area contributed by atoms with Crippen LogP contribution in [-0.2, 0) is 0 Å². The van der Waals surface area contributed by atoms with Crippen LogP contribution in [0.5, 0.6) is 5.75 Å². The summed E-state index contributed by atoms with van der Waals surface area (Å²) in [5.41, 5.74) is 0.917. The number of halogens is 3. The highest BCUT2D eigenvalue weighted by Crippen LogP contribution is 2.32. The van der Waals surface area contributed by atoms with Crippen LogP contribution >= 0.6 is 34.8 Å². The summed E-state index contributed by atoms with van der Waals surface area (Å²) in [6.45, 7) is 0. The van der Waals surface area contributed by atoms with Crippen molar-refractivity contribution in [2.75, 3.05) is 0 Å². The van der Waals surface area contributed by atoms with Gasteiger partial charge in [-0.1, -0.05) is 71.2 Å². The van der Waals surface area contributed by atoms with E-state index in [9.17, 15) is 9.59 Å². The van der Waals surface area contributed by atoms with Crippen molar-refractivity contribution in [1.29, 1.82) is 0 Å². The van der Waals surface area contributed by atoms with Gasteiger partial charge in [0.1, 0.15) is 12.0 Å². The summed E-state index contributed by atoms with van der Waals surface area (Å²) in [6, 6.07) is 19.1. The number of hydrogen-bond donors (Lipinski definition) is 1. The van der Waals surface area contributed by atoms with Crippen molar-refractivity contribution in [3.8, 4) is 5.75 Å². The summed E-state index contributed by atoms with van der Waals surface area (Å²) in [5, 5.41) is 4.31. The van der Waals surface area contributed by atoms with Crippen molar-refractivity contribution in [1.82, 2.24) is 5.32 Å². The number of benzene rings is 3. The molecule has 1 atom stereocenters. The highest BCUT2D eigenvalue weighted by atomic mass is 35.6. The second-order valence-electron chi connectivity index (χ2n) is 5.73. The number of alkyl halides is 3. The minimum absolute atomic E-state index is 0.343. The van der Waals surface area contributed by atoms with Gasteiger partial charge in [-0.25, -0.2) is 0 Å². The molecule has 138 valence electrons. The van der Waals surface area contributed by atoms with Crippen LogP contribution < -0.4 is 10.1 Å². The quantitative estimate of drug-likeness (QED) is 0.351. The lowest BCUT2D eigenvalue weighted by Crippen LogP contribution is -2.47. The van der Waals surface area contributed by atoms with Crippen LogP contribution in [0.25, 0.3) is 10.8 Å². The van der Waals surface area contributed by atoms with E-state index >= 15 is 0 Å². The fraction of sp³-hybridized carbons (Fsp3) is 0.100. The van der Waals surface area contributed by atoms with Crippen molar-refractivity contribution in [2.45, 2.75) is 10.0 Å². The minimum Gasteiger partial charge on any atom is -0.466 e. The van der Waals surface area contributed by atoms with Gasteiger partial charge in [0.25, 0.3) is 5.91 Å². The standard InChI is InChI=1S/C20H14Cl3NO3/c21-20(22,23)19(27-15-10-8-13(12-25)9-11-15)24-18(26)17-7-3-5-14-4-1-2-6-16(14)17/h1-12,19H,(H,24,26)/t19-/m0/s1. The third-order valence-corrected chi connectivity index (χ3v) is 4.46. The molecule has 1 N–H and O–H groups in total. The summed E-state index contributed by atoms with van der Waals surface area (Å²) in [6.07, 6.45) is -0.533. The van der Waals surface area contributed by atoms with Crippen LogP contribution in [0.1, 0.15) is 20.7 Å². The van der Waals surface area contributed by atoms with Crippen LogP contribution in [-0.4, -0.2) is 22.2 Å². The molecule has 0 aliphatic carbocycles. The Morgan fingerprint density at radius 2 is 1.63 bits per heavy atom. The molecule has 3 aromatic rings. The molecule has 0 spiro atoms. The normalized spacial score (nSPS) is 12.4. The Morgan fingerprint density at radius 3 is 2.30 bits per heavy atom. The molecule has 1 amide bonds. The van der Waals surface area contributed by atoms with Crippen LogP contribution in [0.2, 0.25) is 0 Å². The topological polar surface area (TPSA) is 55.4 Å². The third kappa shape index (κ3) is 4.72. The first-order valence-corrected chi connectivity index (χ1v) is 9.09. The van der Waals surface area contributed by atoms with Gasteiger partial charge in [-0.05, 0) is 41.1 Å². The third-order valence-electron chi connectivity index (χ3n) is 3.86. The maximum atomic E-state index is 12.8. The number of aldehydes is 1. The van der Waals surface area contributed by atoms with Crippen LogP contribution in [0.15, 0.2) is 66.7 Å². The Hall–Kier alpha value is -2.27. The number of fused-ring (bicyclic) bond motifs is 1. The molecule has 3 aromatic carbocycles. The number of ether oxygens (including phenoxy) is 1. The van der Waals surface area contributed by atoms with Crippen LogP contribution in [0.3, 0.4) is 0 Å². The van der Waals surface area contributed by atoms with E-state index in [4.69, 9.17) is 39.5 Å². The van der Waals surface area contributed by atoms with E-state index in [0.29, 0.717) is 23.2 Å². The Labute approximate surface area is 171 Å². The average Bonchev–Trinajstić information content (AvgIpc) is 2.66. The lowest BCUT2D eigenvalue weighted by Gasteiger charge is -2.26. The van der Waals surface area contributed by atoms with Gasteiger partial charge >= 0.3 is 0 Å². The molecule has 0 unspecified atom stereocenters. The fourth-order valence-corrected chi connectivity index (χ4v) is 2.86. The summed E-state index contributed by atoms with van der Waals surface area (Å²) in [5.74, 6) is -0.0946. The molecule has 27 heavy (non-hydrogen) atoms. The first-order chi connectivity index (χ1) is 12.9. The molecule has 4 nitrogen and oxygen atoms in total. The second-order valence-corrected chi connectivity index (χ2v) is 8.10. The first kappa shape index (κ1) is 19.5. The molecule has 0 fully saturated rings. The van der Waals surface area contributed by atoms with E-state index in [1.165, 1.54) is 0 Å². The van der Waals surface area contributed by atoms with Gasteiger partial charge in [-0.2, -0.15) is 0 Å². The smallest absolute Gasteiger partial charge is 0.254 e. The van der Waals surface area contributed by atoms with Gasteiger partial charge in [0.2, 0.25) is 10.0 Å². The van der Waals surface area contributed by atoms with Gasteiger partial charge in [0.05, 0.1) is 0 Å². The minimum atomic E-state index is -1.91. The van der Waals surface area contributed by atoms with Gasteiger partial charge in [0, 0.05) is 11.1 Å². The molecule has 0 heterocycles. The van der Waals surface area contributed by atoms with Gasteiger partial charge in [-0.15, -0.1) is 0 Å².